The normalized spacial score (nSPS) is 9.75. The van der Waals surface area contributed by atoms with Gasteiger partial charge in [0.1, 0.15) is 11.1 Å². The molecule has 0 amide bonds. The summed E-state index contributed by atoms with van der Waals surface area (Å²) >= 11 is 1.23. The predicted octanol–water partition coefficient (Wildman–Crippen LogP) is 1.60. The van der Waals surface area contributed by atoms with E-state index < -0.39 is 0 Å². The average molecular weight is 229 g/mol. The summed E-state index contributed by atoms with van der Waals surface area (Å²) in [6, 6.07) is 3.66. The van der Waals surface area contributed by atoms with Gasteiger partial charge in [0.25, 0.3) is 0 Å². The van der Waals surface area contributed by atoms with Crippen LogP contribution >= 0.6 is 11.8 Å². The second-order valence-corrected chi connectivity index (χ2v) is 3.96. The third-order valence-corrected chi connectivity index (χ3v) is 2.64. The maximum atomic E-state index is 8.87. The quantitative estimate of drug-likeness (QED) is 0.728. The van der Waals surface area contributed by atoms with Crippen molar-refractivity contribution in [1.82, 2.24) is 20.2 Å². The lowest BCUT2D eigenvalue weighted by molar-refractivity contribution is 0.901. The summed E-state index contributed by atoms with van der Waals surface area (Å²) in [6.45, 7) is 1.91. The van der Waals surface area contributed by atoms with Gasteiger partial charge in [-0.05, 0) is 30.3 Å². The fourth-order valence-electron chi connectivity index (χ4n) is 0.999. The SMILES string of the molecule is Cc1cnc(Sc2nnccc2C#N)nc1. The molecule has 0 saturated carbocycles. The van der Waals surface area contributed by atoms with E-state index in [4.69, 9.17) is 5.26 Å². The number of aryl methyl sites for hydroxylation is 1. The largest absolute Gasteiger partial charge is 0.231 e. The van der Waals surface area contributed by atoms with Crippen molar-refractivity contribution in [3.8, 4) is 6.07 Å². The van der Waals surface area contributed by atoms with Crippen LogP contribution in [0.3, 0.4) is 0 Å². The van der Waals surface area contributed by atoms with E-state index in [-0.39, 0.29) is 0 Å². The minimum atomic E-state index is 0.476. The van der Waals surface area contributed by atoms with E-state index in [2.05, 4.69) is 20.2 Å². The van der Waals surface area contributed by atoms with Crippen LogP contribution in [-0.4, -0.2) is 20.2 Å². The van der Waals surface area contributed by atoms with Crippen molar-refractivity contribution in [2.24, 2.45) is 0 Å². The number of aromatic nitrogens is 4. The molecule has 0 spiro atoms. The summed E-state index contributed by atoms with van der Waals surface area (Å²) < 4.78 is 0. The molecular weight excluding hydrogens is 222 g/mol. The van der Waals surface area contributed by atoms with Crippen LogP contribution < -0.4 is 0 Å². The van der Waals surface area contributed by atoms with Gasteiger partial charge in [-0.25, -0.2) is 9.97 Å². The number of nitriles is 1. The van der Waals surface area contributed by atoms with Crippen molar-refractivity contribution < 1.29 is 0 Å². The molecule has 2 rings (SSSR count). The van der Waals surface area contributed by atoms with Crippen molar-refractivity contribution in [3.05, 3.63) is 35.8 Å². The molecule has 0 aliphatic heterocycles. The van der Waals surface area contributed by atoms with Crippen molar-refractivity contribution in [3.63, 3.8) is 0 Å². The summed E-state index contributed by atoms with van der Waals surface area (Å²) in [5.41, 5.74) is 1.47. The third-order valence-electron chi connectivity index (χ3n) is 1.75. The van der Waals surface area contributed by atoms with Crippen LogP contribution in [0.5, 0.6) is 0 Å². The molecule has 0 aliphatic carbocycles. The van der Waals surface area contributed by atoms with Gasteiger partial charge in [-0.2, -0.15) is 10.4 Å². The molecule has 0 fully saturated rings. The molecule has 0 atom stereocenters. The van der Waals surface area contributed by atoms with Crippen LogP contribution in [0, 0.1) is 18.3 Å². The van der Waals surface area contributed by atoms with Gasteiger partial charge in [0.15, 0.2) is 5.16 Å². The highest BCUT2D eigenvalue weighted by Gasteiger charge is 2.07. The molecule has 0 bridgehead atoms. The number of rotatable bonds is 2. The summed E-state index contributed by atoms with van der Waals surface area (Å²) in [5.74, 6) is 0. The van der Waals surface area contributed by atoms with Crippen molar-refractivity contribution >= 4 is 11.8 Å². The number of hydrogen-bond donors (Lipinski definition) is 0. The molecule has 78 valence electrons. The Morgan fingerprint density at radius 2 is 2.06 bits per heavy atom. The van der Waals surface area contributed by atoms with E-state index in [1.807, 2.05) is 13.0 Å². The van der Waals surface area contributed by atoms with E-state index in [1.54, 1.807) is 18.5 Å². The third kappa shape index (κ3) is 2.32. The highest BCUT2D eigenvalue weighted by Crippen LogP contribution is 2.24. The Labute approximate surface area is 96.6 Å². The average Bonchev–Trinajstić information content (AvgIpc) is 2.33. The molecule has 2 aromatic heterocycles. The molecule has 0 aromatic carbocycles. The zero-order chi connectivity index (χ0) is 11.4. The lowest BCUT2D eigenvalue weighted by Crippen LogP contribution is -1.92. The zero-order valence-electron chi connectivity index (χ0n) is 8.45. The zero-order valence-corrected chi connectivity index (χ0v) is 9.27. The van der Waals surface area contributed by atoms with Gasteiger partial charge in [-0.15, -0.1) is 5.10 Å². The van der Waals surface area contributed by atoms with Crippen LogP contribution in [0.25, 0.3) is 0 Å². The molecule has 16 heavy (non-hydrogen) atoms. The molecule has 5 nitrogen and oxygen atoms in total. The topological polar surface area (TPSA) is 75.3 Å². The maximum absolute atomic E-state index is 8.87. The molecule has 0 saturated heterocycles. The van der Waals surface area contributed by atoms with Gasteiger partial charge >= 0.3 is 0 Å². The fourth-order valence-corrected chi connectivity index (χ4v) is 1.69. The van der Waals surface area contributed by atoms with E-state index in [0.717, 1.165) is 5.56 Å². The van der Waals surface area contributed by atoms with Crippen molar-refractivity contribution in [2.45, 2.75) is 17.1 Å². The van der Waals surface area contributed by atoms with Gasteiger partial charge in [0.05, 0.1) is 11.8 Å². The van der Waals surface area contributed by atoms with Crippen molar-refractivity contribution in [1.29, 1.82) is 5.26 Å². The molecule has 0 N–H and O–H groups in total. The Kier molecular flexibility index (Phi) is 3.08. The lowest BCUT2D eigenvalue weighted by Gasteiger charge is -1.99. The molecule has 6 heteroatoms. The molecule has 2 heterocycles. The van der Waals surface area contributed by atoms with Crippen LogP contribution in [0.15, 0.2) is 34.8 Å². The predicted molar refractivity (Wildman–Crippen MR) is 57.6 cm³/mol. The van der Waals surface area contributed by atoms with Crippen molar-refractivity contribution in [2.75, 3.05) is 0 Å². The molecule has 2 aromatic rings. The Morgan fingerprint density at radius 3 is 2.75 bits per heavy atom. The van der Waals surface area contributed by atoms with E-state index in [1.165, 1.54) is 18.0 Å². The smallest absolute Gasteiger partial charge is 0.193 e. The van der Waals surface area contributed by atoms with Gasteiger partial charge in [-0.1, -0.05) is 0 Å². The number of nitrogens with zero attached hydrogens (tertiary/aromatic N) is 5. The maximum Gasteiger partial charge on any atom is 0.193 e. The van der Waals surface area contributed by atoms with Gasteiger partial charge in [0.2, 0.25) is 0 Å². The first-order chi connectivity index (χ1) is 7.79. The first-order valence-electron chi connectivity index (χ1n) is 4.48. The molecular formula is C10H7N5S. The van der Waals surface area contributed by atoms with E-state index in [9.17, 15) is 0 Å². The second-order valence-electron chi connectivity index (χ2n) is 3.01. The summed E-state index contributed by atoms with van der Waals surface area (Å²) in [7, 11) is 0. The summed E-state index contributed by atoms with van der Waals surface area (Å²) in [5, 5.41) is 17.6. The number of hydrogen-bond acceptors (Lipinski definition) is 6. The Bertz CT molecular complexity index is 532. The summed E-state index contributed by atoms with van der Waals surface area (Å²) in [4.78, 5) is 8.25. The fraction of sp³-hybridized carbons (Fsp3) is 0.100. The first kappa shape index (κ1) is 10.5. The highest BCUT2D eigenvalue weighted by molar-refractivity contribution is 7.99. The standard InChI is InChI=1S/C10H7N5S/c1-7-5-12-10(13-6-7)16-9-8(4-11)2-3-14-15-9/h2-3,5-6H,1H3. The minimum absolute atomic E-state index is 0.476. The Hall–Kier alpha value is -2.00. The van der Waals surface area contributed by atoms with Gasteiger partial charge in [-0.3, -0.25) is 0 Å². The van der Waals surface area contributed by atoms with Crippen LogP contribution in [-0.2, 0) is 0 Å². The summed E-state index contributed by atoms with van der Waals surface area (Å²) in [6.07, 6.45) is 4.92. The molecule has 0 unspecified atom stereocenters. The molecule has 0 radical (unpaired) electrons. The van der Waals surface area contributed by atoms with E-state index >= 15 is 0 Å². The molecule has 0 aliphatic rings. The lowest BCUT2D eigenvalue weighted by atomic mass is 10.3. The van der Waals surface area contributed by atoms with Gasteiger partial charge < -0.3 is 0 Å². The van der Waals surface area contributed by atoms with Crippen LogP contribution in [0.1, 0.15) is 11.1 Å². The Morgan fingerprint density at radius 1 is 1.31 bits per heavy atom. The van der Waals surface area contributed by atoms with Crippen LogP contribution in [0.4, 0.5) is 0 Å². The van der Waals surface area contributed by atoms with E-state index in [0.29, 0.717) is 15.7 Å². The Balaban J connectivity index is 2.27. The monoisotopic (exact) mass is 229 g/mol. The minimum Gasteiger partial charge on any atom is -0.231 e. The highest BCUT2D eigenvalue weighted by atomic mass is 32.2. The van der Waals surface area contributed by atoms with Crippen LogP contribution in [0.2, 0.25) is 0 Å². The first-order valence-corrected chi connectivity index (χ1v) is 5.29. The van der Waals surface area contributed by atoms with Gasteiger partial charge in [0, 0.05) is 12.4 Å². The second kappa shape index (κ2) is 4.68.